The molecule has 28 heavy (non-hydrogen) atoms. The summed E-state index contributed by atoms with van der Waals surface area (Å²) in [6, 6.07) is 31.5. The van der Waals surface area contributed by atoms with Crippen molar-refractivity contribution in [2.45, 2.75) is 13.3 Å². The Balaban J connectivity index is 1.76. The summed E-state index contributed by atoms with van der Waals surface area (Å²) in [5, 5.41) is 2.23. The molecule has 2 nitrogen and oxygen atoms in total. The number of fused-ring (bicyclic) bond motifs is 3. The molecule has 2 heteroatoms. The molecule has 2 aromatic heterocycles. The van der Waals surface area contributed by atoms with E-state index in [0.717, 1.165) is 45.2 Å². The summed E-state index contributed by atoms with van der Waals surface area (Å²) in [7, 11) is 0. The molecule has 0 saturated carbocycles. The minimum atomic E-state index is 0.953. The zero-order valence-electron chi connectivity index (χ0n) is 15.8. The summed E-state index contributed by atoms with van der Waals surface area (Å²) >= 11 is 0. The molecule has 5 rings (SSSR count). The number of hydrogen-bond donors (Lipinski definition) is 0. The van der Waals surface area contributed by atoms with E-state index in [9.17, 15) is 0 Å². The lowest BCUT2D eigenvalue weighted by Crippen LogP contribution is -1.93. The van der Waals surface area contributed by atoms with Crippen LogP contribution in [0.25, 0.3) is 44.3 Å². The summed E-state index contributed by atoms with van der Waals surface area (Å²) < 4.78 is 0. The zero-order chi connectivity index (χ0) is 18.9. The molecule has 0 unspecified atom stereocenters. The van der Waals surface area contributed by atoms with Crippen LogP contribution in [0, 0.1) is 0 Å². The Labute approximate surface area is 164 Å². The highest BCUT2D eigenvalue weighted by Gasteiger charge is 2.10. The summed E-state index contributed by atoms with van der Waals surface area (Å²) in [5.41, 5.74) is 7.52. The molecule has 0 aliphatic rings. The molecular weight excluding hydrogens is 340 g/mol. The lowest BCUT2D eigenvalue weighted by Gasteiger charge is -2.10. The molecule has 0 amide bonds. The first-order chi connectivity index (χ1) is 13.8. The fraction of sp³-hybridized carbons (Fsp3) is 0.0769. The van der Waals surface area contributed by atoms with Crippen molar-refractivity contribution in [2.75, 3.05) is 0 Å². The van der Waals surface area contributed by atoms with Crippen LogP contribution in [0.5, 0.6) is 0 Å². The summed E-state index contributed by atoms with van der Waals surface area (Å²) in [6.45, 7) is 2.18. The smallest absolute Gasteiger partial charge is 0.0972 e. The summed E-state index contributed by atoms with van der Waals surface area (Å²) in [6.07, 6.45) is 0.988. The molecule has 0 spiro atoms. The molecule has 0 aliphatic carbocycles. The zero-order valence-corrected chi connectivity index (χ0v) is 15.8. The highest BCUT2D eigenvalue weighted by molar-refractivity contribution is 6.04. The van der Waals surface area contributed by atoms with E-state index in [2.05, 4.69) is 79.7 Å². The van der Waals surface area contributed by atoms with Crippen LogP contribution >= 0.6 is 0 Å². The predicted octanol–water partition coefficient (Wildman–Crippen LogP) is 6.68. The van der Waals surface area contributed by atoms with Crippen LogP contribution in [0.1, 0.15) is 12.5 Å². The third-order valence-electron chi connectivity index (χ3n) is 5.26. The number of benzene rings is 3. The van der Waals surface area contributed by atoms with Crippen LogP contribution in [-0.2, 0) is 6.42 Å². The Bertz CT molecular complexity index is 1290. The molecule has 2 heterocycles. The molecular formula is C26H20N2. The second-order valence-corrected chi connectivity index (χ2v) is 6.98. The molecule has 0 bridgehead atoms. The van der Waals surface area contributed by atoms with Gasteiger partial charge in [-0.05, 0) is 24.1 Å². The number of pyridine rings is 2. The van der Waals surface area contributed by atoms with Crippen molar-refractivity contribution in [3.8, 4) is 22.5 Å². The highest BCUT2D eigenvalue weighted by Crippen LogP contribution is 2.29. The van der Waals surface area contributed by atoms with Crippen molar-refractivity contribution in [2.24, 2.45) is 0 Å². The number of aryl methyl sites for hydroxylation is 1. The van der Waals surface area contributed by atoms with Crippen LogP contribution in [0.15, 0.2) is 91.0 Å². The van der Waals surface area contributed by atoms with E-state index in [0.29, 0.717) is 0 Å². The molecule has 0 radical (unpaired) electrons. The molecule has 0 fully saturated rings. The average Bonchev–Trinajstić information content (AvgIpc) is 2.79. The van der Waals surface area contributed by atoms with Crippen molar-refractivity contribution in [1.29, 1.82) is 0 Å². The largest absolute Gasteiger partial charge is 0.245 e. The maximum Gasteiger partial charge on any atom is 0.0972 e. The van der Waals surface area contributed by atoms with E-state index in [4.69, 9.17) is 9.97 Å². The van der Waals surface area contributed by atoms with Gasteiger partial charge in [0.2, 0.25) is 0 Å². The Morgan fingerprint density at radius 1 is 0.571 bits per heavy atom. The van der Waals surface area contributed by atoms with Crippen molar-refractivity contribution in [1.82, 2.24) is 9.97 Å². The van der Waals surface area contributed by atoms with E-state index < -0.39 is 0 Å². The normalized spacial score (nSPS) is 11.2. The topological polar surface area (TPSA) is 25.8 Å². The standard InChI is InChI=1S/C26H20N2/c1-2-18-8-6-7-11-22(18)24-17-15-21-13-12-20-14-16-23(19-9-4-3-5-10-19)27-25(20)26(21)28-24/h3-17H,2H2,1H3. The van der Waals surface area contributed by atoms with Crippen molar-refractivity contribution < 1.29 is 0 Å². The fourth-order valence-electron chi connectivity index (χ4n) is 3.77. The van der Waals surface area contributed by atoms with Gasteiger partial charge < -0.3 is 0 Å². The van der Waals surface area contributed by atoms with E-state index in [1.165, 1.54) is 11.1 Å². The van der Waals surface area contributed by atoms with Gasteiger partial charge in [-0.2, -0.15) is 0 Å². The summed E-state index contributed by atoms with van der Waals surface area (Å²) in [5.74, 6) is 0. The number of aromatic nitrogens is 2. The maximum absolute atomic E-state index is 5.05. The van der Waals surface area contributed by atoms with Gasteiger partial charge >= 0.3 is 0 Å². The van der Waals surface area contributed by atoms with E-state index in [1.54, 1.807) is 0 Å². The monoisotopic (exact) mass is 360 g/mol. The molecule has 5 aromatic rings. The van der Waals surface area contributed by atoms with Crippen LogP contribution < -0.4 is 0 Å². The van der Waals surface area contributed by atoms with Crippen molar-refractivity contribution >= 4 is 21.8 Å². The van der Waals surface area contributed by atoms with Crippen molar-refractivity contribution in [3.63, 3.8) is 0 Å². The summed E-state index contributed by atoms with van der Waals surface area (Å²) in [4.78, 5) is 10.0. The number of hydrogen-bond acceptors (Lipinski definition) is 2. The van der Waals surface area contributed by atoms with E-state index >= 15 is 0 Å². The minimum Gasteiger partial charge on any atom is -0.245 e. The lowest BCUT2D eigenvalue weighted by molar-refractivity contribution is 1.14. The second kappa shape index (κ2) is 6.90. The first-order valence-corrected chi connectivity index (χ1v) is 9.68. The predicted molar refractivity (Wildman–Crippen MR) is 117 cm³/mol. The number of nitrogens with zero attached hydrogens (tertiary/aromatic N) is 2. The van der Waals surface area contributed by atoms with Gasteiger partial charge in [0.05, 0.1) is 22.4 Å². The number of rotatable bonds is 3. The third-order valence-corrected chi connectivity index (χ3v) is 5.26. The average molecular weight is 360 g/mol. The van der Waals surface area contributed by atoms with Gasteiger partial charge in [0.1, 0.15) is 0 Å². The van der Waals surface area contributed by atoms with Gasteiger partial charge in [0.25, 0.3) is 0 Å². The maximum atomic E-state index is 5.05. The van der Waals surface area contributed by atoms with E-state index in [1.807, 2.05) is 18.2 Å². The highest BCUT2D eigenvalue weighted by atomic mass is 14.8. The molecule has 0 atom stereocenters. The first kappa shape index (κ1) is 16.6. The quantitative estimate of drug-likeness (QED) is 0.335. The third kappa shape index (κ3) is 2.84. The minimum absolute atomic E-state index is 0.953. The van der Waals surface area contributed by atoms with E-state index in [-0.39, 0.29) is 0 Å². The fourth-order valence-corrected chi connectivity index (χ4v) is 3.77. The Hall–Kier alpha value is -3.52. The SMILES string of the molecule is CCc1ccccc1-c1ccc2ccc3ccc(-c4ccccc4)nc3c2n1. The molecule has 3 aromatic carbocycles. The molecule has 0 aliphatic heterocycles. The van der Waals surface area contributed by atoms with Gasteiger partial charge in [0.15, 0.2) is 0 Å². The van der Waals surface area contributed by atoms with Crippen LogP contribution in [0.3, 0.4) is 0 Å². The molecule has 0 N–H and O–H groups in total. The molecule has 0 saturated heterocycles. The van der Waals surface area contributed by atoms with Gasteiger partial charge in [0, 0.05) is 21.9 Å². The van der Waals surface area contributed by atoms with Gasteiger partial charge in [-0.25, -0.2) is 9.97 Å². The van der Waals surface area contributed by atoms with Crippen LogP contribution in [0.4, 0.5) is 0 Å². The van der Waals surface area contributed by atoms with Gasteiger partial charge in [-0.15, -0.1) is 0 Å². The second-order valence-electron chi connectivity index (χ2n) is 6.98. The lowest BCUT2D eigenvalue weighted by atomic mass is 10.0. The van der Waals surface area contributed by atoms with Crippen LogP contribution in [-0.4, -0.2) is 9.97 Å². The Morgan fingerprint density at radius 2 is 1.14 bits per heavy atom. The van der Waals surface area contributed by atoms with Crippen molar-refractivity contribution in [3.05, 3.63) is 96.6 Å². The Morgan fingerprint density at radius 3 is 1.86 bits per heavy atom. The van der Waals surface area contributed by atoms with Gasteiger partial charge in [-0.3, -0.25) is 0 Å². The van der Waals surface area contributed by atoms with Gasteiger partial charge in [-0.1, -0.05) is 85.8 Å². The van der Waals surface area contributed by atoms with Crippen LogP contribution in [0.2, 0.25) is 0 Å². The molecule has 134 valence electrons. The first-order valence-electron chi connectivity index (χ1n) is 9.68. The Kier molecular flexibility index (Phi) is 4.10.